The lowest BCUT2D eigenvalue weighted by Crippen LogP contribution is -1.97. The van der Waals surface area contributed by atoms with Crippen molar-refractivity contribution >= 4 is 41.8 Å². The summed E-state index contributed by atoms with van der Waals surface area (Å²) in [4.78, 5) is 10.5. The molecule has 4 nitrogen and oxygen atoms in total. The van der Waals surface area contributed by atoms with Gasteiger partial charge < -0.3 is 9.05 Å². The number of hydrogen-bond acceptors (Lipinski definition) is 3. The van der Waals surface area contributed by atoms with Crippen LogP contribution >= 0.6 is 20.2 Å². The summed E-state index contributed by atoms with van der Waals surface area (Å²) < 4.78 is 24.2. The minimum Gasteiger partial charge on any atom is -0.395 e. The standard InChI is InChI=1S/C36H45O4P.ClH/c1-3-5-7-9-11-13-15-27-17-21-31-29(25-27)19-23-33-35(31)36-32-22-18-28(16-14-12-10-8-6-4-2)26-30(32)20-24-34(36)40-41(37,38)39-33;/h17-26H,3-16H2,1-2H3,(H,37,38);1H. The first kappa shape index (κ1) is 32.4. The Morgan fingerprint density at radius 3 is 1.40 bits per heavy atom. The van der Waals surface area contributed by atoms with Gasteiger partial charge in [-0.3, -0.25) is 4.89 Å². The van der Waals surface area contributed by atoms with Gasteiger partial charge in [0.05, 0.1) is 0 Å². The molecule has 1 N–H and O–H groups in total. The highest BCUT2D eigenvalue weighted by Crippen LogP contribution is 2.56. The summed E-state index contributed by atoms with van der Waals surface area (Å²) in [5.41, 5.74) is 4.29. The number of aryl methyl sites for hydroxylation is 2. The molecule has 1 heterocycles. The molecular weight excluding hydrogens is 563 g/mol. The molecule has 0 aromatic heterocycles. The van der Waals surface area contributed by atoms with Gasteiger partial charge >= 0.3 is 7.82 Å². The van der Waals surface area contributed by atoms with E-state index >= 15 is 0 Å². The van der Waals surface area contributed by atoms with Crippen LogP contribution in [0.4, 0.5) is 0 Å². The van der Waals surface area contributed by atoms with Gasteiger partial charge in [-0.2, -0.15) is 0 Å². The van der Waals surface area contributed by atoms with Crippen molar-refractivity contribution in [2.45, 2.75) is 104 Å². The summed E-state index contributed by atoms with van der Waals surface area (Å²) in [6.07, 6.45) is 17.5. The highest BCUT2D eigenvalue weighted by molar-refractivity contribution is 7.48. The molecule has 0 fully saturated rings. The predicted molar refractivity (Wildman–Crippen MR) is 179 cm³/mol. The molecule has 0 amide bonds. The number of phosphoric ester groups is 1. The summed E-state index contributed by atoms with van der Waals surface area (Å²) in [5.74, 6) is 0.767. The lowest BCUT2D eigenvalue weighted by Gasteiger charge is -2.15. The second-order valence-electron chi connectivity index (χ2n) is 11.7. The van der Waals surface area contributed by atoms with Crippen LogP contribution in [0.15, 0.2) is 60.7 Å². The normalized spacial score (nSPS) is 13.5. The lowest BCUT2D eigenvalue weighted by molar-refractivity contribution is 0.294. The summed E-state index contributed by atoms with van der Waals surface area (Å²) in [7, 11) is -4.32. The van der Waals surface area contributed by atoms with E-state index in [9.17, 15) is 9.46 Å². The Kier molecular flexibility index (Phi) is 11.8. The Morgan fingerprint density at radius 1 is 0.571 bits per heavy atom. The van der Waals surface area contributed by atoms with E-state index in [2.05, 4.69) is 50.2 Å². The van der Waals surface area contributed by atoms with Gasteiger partial charge in [-0.15, -0.1) is 12.4 Å². The molecule has 0 saturated carbocycles. The number of rotatable bonds is 14. The molecule has 6 heteroatoms. The Balaban J connectivity index is 0.00000405. The maximum absolute atomic E-state index is 12.9. The number of phosphoric acid groups is 1. The predicted octanol–water partition coefficient (Wildman–Crippen LogP) is 11.8. The molecule has 0 unspecified atom stereocenters. The maximum Gasteiger partial charge on any atom is 0.584 e. The Hall–Kier alpha value is -2.52. The fourth-order valence-corrected chi connectivity index (χ4v) is 7.02. The minimum atomic E-state index is -4.32. The highest BCUT2D eigenvalue weighted by atomic mass is 35.5. The maximum atomic E-state index is 12.9. The molecule has 4 aromatic carbocycles. The smallest absolute Gasteiger partial charge is 0.395 e. The molecule has 226 valence electrons. The first-order valence-corrected chi connectivity index (χ1v) is 17.3. The largest absolute Gasteiger partial charge is 0.584 e. The molecule has 0 bridgehead atoms. The van der Waals surface area contributed by atoms with Crippen LogP contribution in [0.5, 0.6) is 11.5 Å². The monoisotopic (exact) mass is 608 g/mol. The molecular formula is C36H46ClO4P. The van der Waals surface area contributed by atoms with E-state index in [1.807, 2.05) is 24.3 Å². The first-order chi connectivity index (χ1) is 20.0. The molecule has 0 saturated heterocycles. The summed E-state index contributed by atoms with van der Waals surface area (Å²) in [5, 5.41) is 4.22. The van der Waals surface area contributed by atoms with E-state index in [-0.39, 0.29) is 12.4 Å². The van der Waals surface area contributed by atoms with E-state index < -0.39 is 7.82 Å². The second-order valence-corrected chi connectivity index (χ2v) is 13.0. The average Bonchev–Trinajstić information content (AvgIpc) is 3.09. The van der Waals surface area contributed by atoms with E-state index in [1.165, 1.54) is 88.2 Å². The van der Waals surface area contributed by atoms with Gasteiger partial charge in [0, 0.05) is 11.1 Å². The zero-order valence-corrected chi connectivity index (χ0v) is 26.9. The summed E-state index contributed by atoms with van der Waals surface area (Å²) in [6.45, 7) is 4.50. The number of unbranched alkanes of at least 4 members (excludes halogenated alkanes) is 10. The highest BCUT2D eigenvalue weighted by Gasteiger charge is 2.34. The fourth-order valence-electron chi connectivity index (χ4n) is 6.18. The Morgan fingerprint density at radius 2 is 0.976 bits per heavy atom. The van der Waals surface area contributed by atoms with E-state index in [4.69, 9.17) is 9.05 Å². The van der Waals surface area contributed by atoms with Crippen LogP contribution in [0, 0.1) is 0 Å². The Labute approximate surface area is 257 Å². The first-order valence-electron chi connectivity index (χ1n) is 15.8. The van der Waals surface area contributed by atoms with Gasteiger partial charge in [0.25, 0.3) is 0 Å². The third kappa shape index (κ3) is 7.90. The molecule has 1 aliphatic rings. The van der Waals surface area contributed by atoms with Gasteiger partial charge in [0.15, 0.2) is 0 Å². The van der Waals surface area contributed by atoms with Crippen LogP contribution in [0.3, 0.4) is 0 Å². The van der Waals surface area contributed by atoms with Gasteiger partial charge in [-0.1, -0.05) is 127 Å². The number of halogens is 1. The van der Waals surface area contributed by atoms with Gasteiger partial charge in [0.2, 0.25) is 0 Å². The quantitative estimate of drug-likeness (QED) is 0.114. The fraction of sp³-hybridized carbons (Fsp3) is 0.444. The van der Waals surface area contributed by atoms with Crippen molar-refractivity contribution in [1.29, 1.82) is 0 Å². The van der Waals surface area contributed by atoms with Gasteiger partial charge in [-0.05, 0) is 70.5 Å². The second kappa shape index (κ2) is 15.3. The third-order valence-corrected chi connectivity index (χ3v) is 9.26. The van der Waals surface area contributed by atoms with E-state index in [0.717, 1.165) is 45.5 Å². The average molecular weight is 609 g/mol. The van der Waals surface area contributed by atoms with Crippen molar-refractivity contribution in [2.75, 3.05) is 0 Å². The van der Waals surface area contributed by atoms with Crippen molar-refractivity contribution in [2.24, 2.45) is 0 Å². The van der Waals surface area contributed by atoms with Crippen molar-refractivity contribution in [3.63, 3.8) is 0 Å². The molecule has 0 radical (unpaired) electrons. The minimum absolute atomic E-state index is 0. The zero-order chi connectivity index (χ0) is 28.7. The summed E-state index contributed by atoms with van der Waals surface area (Å²) >= 11 is 0. The van der Waals surface area contributed by atoms with Crippen molar-refractivity contribution < 1.29 is 18.5 Å². The molecule has 0 spiro atoms. The molecule has 1 aliphatic heterocycles. The van der Waals surface area contributed by atoms with Crippen LogP contribution in [0.2, 0.25) is 0 Å². The van der Waals surface area contributed by atoms with Crippen molar-refractivity contribution in [3.8, 4) is 22.6 Å². The van der Waals surface area contributed by atoms with Crippen LogP contribution < -0.4 is 9.05 Å². The van der Waals surface area contributed by atoms with Crippen LogP contribution in [0.1, 0.15) is 102 Å². The molecule has 42 heavy (non-hydrogen) atoms. The SMILES string of the molecule is CCCCCCCCc1ccc2c3c(ccc2c1)OP(=O)(O)Oc1ccc2cc(CCCCCCCC)ccc2c1-3.Cl. The third-order valence-electron chi connectivity index (χ3n) is 8.41. The van der Waals surface area contributed by atoms with Gasteiger partial charge in [0.1, 0.15) is 11.5 Å². The number of fused-ring (bicyclic) bond motifs is 7. The topological polar surface area (TPSA) is 55.8 Å². The lowest BCUT2D eigenvalue weighted by atomic mass is 9.90. The molecule has 5 rings (SSSR count). The Bertz CT molecular complexity index is 1420. The van der Waals surface area contributed by atoms with Crippen LogP contribution in [-0.4, -0.2) is 4.89 Å². The van der Waals surface area contributed by atoms with E-state index in [1.54, 1.807) is 0 Å². The van der Waals surface area contributed by atoms with Gasteiger partial charge in [-0.25, -0.2) is 4.57 Å². The summed E-state index contributed by atoms with van der Waals surface area (Å²) in [6, 6.07) is 20.8. The van der Waals surface area contributed by atoms with Crippen LogP contribution in [0.25, 0.3) is 32.7 Å². The molecule has 0 atom stereocenters. The van der Waals surface area contributed by atoms with Crippen molar-refractivity contribution in [3.05, 3.63) is 71.8 Å². The van der Waals surface area contributed by atoms with Crippen molar-refractivity contribution in [1.82, 2.24) is 0 Å². The number of hydrogen-bond donors (Lipinski definition) is 1. The number of benzene rings is 4. The molecule has 0 aliphatic carbocycles. The zero-order valence-electron chi connectivity index (χ0n) is 25.2. The molecule has 4 aromatic rings. The van der Waals surface area contributed by atoms with Crippen LogP contribution in [-0.2, 0) is 17.4 Å². The van der Waals surface area contributed by atoms with E-state index in [0.29, 0.717) is 11.5 Å².